The van der Waals surface area contributed by atoms with Gasteiger partial charge in [0, 0.05) is 30.6 Å². The van der Waals surface area contributed by atoms with Crippen LogP contribution in [-0.4, -0.2) is 40.2 Å². The Balaban J connectivity index is 1.90. The van der Waals surface area contributed by atoms with Crippen molar-refractivity contribution >= 4 is 0 Å². The first-order chi connectivity index (χ1) is 13.4. The highest BCUT2D eigenvalue weighted by Gasteiger charge is 2.32. The Kier molecular flexibility index (Phi) is 4.65. The van der Waals surface area contributed by atoms with E-state index in [0.717, 1.165) is 23.2 Å². The Labute approximate surface area is 164 Å². The number of benzene rings is 2. The molecule has 0 spiro atoms. The maximum atomic E-state index is 9.90. The smallest absolute Gasteiger partial charge is 0.228 e. The van der Waals surface area contributed by atoms with Crippen molar-refractivity contribution in [3.8, 4) is 17.4 Å². The molecular formula is C22H24N4O2. The van der Waals surface area contributed by atoms with Gasteiger partial charge in [-0.15, -0.1) is 0 Å². The largest absolute Gasteiger partial charge is 0.508 e. The molecule has 2 aromatic carbocycles. The maximum absolute atomic E-state index is 9.90. The second-order valence-electron chi connectivity index (χ2n) is 7.48. The molecule has 0 saturated heterocycles. The summed E-state index contributed by atoms with van der Waals surface area (Å²) in [6, 6.07) is 13.5. The van der Waals surface area contributed by atoms with Crippen LogP contribution in [0.15, 0.2) is 48.8 Å². The van der Waals surface area contributed by atoms with Gasteiger partial charge in [-0.05, 0) is 32.6 Å². The molecule has 0 bridgehead atoms. The van der Waals surface area contributed by atoms with E-state index in [4.69, 9.17) is 10.1 Å². The fraction of sp³-hybridized carbons (Fsp3) is 0.273. The molecule has 1 aromatic heterocycles. The lowest BCUT2D eigenvalue weighted by atomic mass is 9.83. The number of ether oxygens (including phenoxy) is 1. The van der Waals surface area contributed by atoms with Crippen LogP contribution in [0.1, 0.15) is 28.2 Å². The molecule has 1 aliphatic heterocycles. The SMILES string of the molecule is Cc1ccc([C@H]2c3ccc(O)cc3Oc3ncn(CCN(C)C)c(=N)c32)cc1. The quantitative estimate of drug-likeness (QED) is 0.573. The second kappa shape index (κ2) is 7.13. The number of fused-ring (bicyclic) bond motifs is 2. The van der Waals surface area contributed by atoms with E-state index in [1.165, 1.54) is 5.56 Å². The lowest BCUT2D eigenvalue weighted by molar-refractivity contribution is 0.370. The summed E-state index contributed by atoms with van der Waals surface area (Å²) < 4.78 is 7.84. The average molecular weight is 376 g/mol. The summed E-state index contributed by atoms with van der Waals surface area (Å²) in [6.07, 6.45) is 1.66. The topological polar surface area (TPSA) is 74.4 Å². The Morgan fingerprint density at radius 2 is 1.93 bits per heavy atom. The minimum Gasteiger partial charge on any atom is -0.508 e. The van der Waals surface area contributed by atoms with Gasteiger partial charge in [0.25, 0.3) is 0 Å². The Hall–Kier alpha value is -3.12. The highest BCUT2D eigenvalue weighted by atomic mass is 16.5. The summed E-state index contributed by atoms with van der Waals surface area (Å²) in [6.45, 7) is 3.55. The van der Waals surface area contributed by atoms with Gasteiger partial charge >= 0.3 is 0 Å². The van der Waals surface area contributed by atoms with E-state index in [0.29, 0.717) is 23.7 Å². The molecule has 6 heteroatoms. The number of phenolic OH excluding ortho intramolecular Hbond substituents is 1. The molecule has 1 aliphatic rings. The van der Waals surface area contributed by atoms with Crippen molar-refractivity contribution in [2.24, 2.45) is 0 Å². The molecule has 6 nitrogen and oxygen atoms in total. The number of rotatable bonds is 4. The summed E-state index contributed by atoms with van der Waals surface area (Å²) in [5.41, 5.74) is 4.33. The normalized spacial score (nSPS) is 15.1. The molecule has 0 aliphatic carbocycles. The summed E-state index contributed by atoms with van der Waals surface area (Å²) in [4.78, 5) is 6.58. The number of aromatic hydroxyl groups is 1. The van der Waals surface area contributed by atoms with E-state index < -0.39 is 0 Å². The zero-order chi connectivity index (χ0) is 19.8. The second-order valence-corrected chi connectivity index (χ2v) is 7.48. The molecule has 144 valence electrons. The van der Waals surface area contributed by atoms with Gasteiger partial charge in [-0.3, -0.25) is 5.41 Å². The van der Waals surface area contributed by atoms with Gasteiger partial charge in [-0.1, -0.05) is 35.9 Å². The van der Waals surface area contributed by atoms with Gasteiger partial charge < -0.3 is 19.3 Å². The zero-order valence-electron chi connectivity index (χ0n) is 16.3. The lowest BCUT2D eigenvalue weighted by Gasteiger charge is -2.28. The van der Waals surface area contributed by atoms with Crippen LogP contribution in [0.4, 0.5) is 0 Å². The Bertz CT molecular complexity index is 1070. The molecule has 2 heterocycles. The van der Waals surface area contributed by atoms with Gasteiger partial charge in [-0.25, -0.2) is 4.98 Å². The molecule has 4 rings (SSSR count). The molecule has 3 aromatic rings. The first-order valence-corrected chi connectivity index (χ1v) is 9.30. The van der Waals surface area contributed by atoms with Crippen molar-refractivity contribution in [2.45, 2.75) is 19.4 Å². The fourth-order valence-corrected chi connectivity index (χ4v) is 3.54. The monoisotopic (exact) mass is 376 g/mol. The van der Waals surface area contributed by atoms with Crippen molar-refractivity contribution in [2.75, 3.05) is 20.6 Å². The Morgan fingerprint density at radius 1 is 1.18 bits per heavy atom. The van der Waals surface area contributed by atoms with Crippen LogP contribution >= 0.6 is 0 Å². The summed E-state index contributed by atoms with van der Waals surface area (Å²) in [5, 5.41) is 18.8. The molecule has 0 saturated carbocycles. The number of hydrogen-bond acceptors (Lipinski definition) is 5. The van der Waals surface area contributed by atoms with Crippen molar-refractivity contribution in [3.63, 3.8) is 0 Å². The van der Waals surface area contributed by atoms with E-state index in [2.05, 4.69) is 41.1 Å². The third kappa shape index (κ3) is 3.27. The predicted octanol–water partition coefficient (Wildman–Crippen LogP) is 3.22. The van der Waals surface area contributed by atoms with Crippen LogP contribution in [0.2, 0.25) is 0 Å². The predicted molar refractivity (Wildman–Crippen MR) is 107 cm³/mol. The molecule has 1 atom stereocenters. The lowest BCUT2D eigenvalue weighted by Crippen LogP contribution is -2.32. The van der Waals surface area contributed by atoms with E-state index in [1.807, 2.05) is 24.7 Å². The molecule has 0 unspecified atom stereocenters. The number of aryl methyl sites for hydroxylation is 1. The molecule has 28 heavy (non-hydrogen) atoms. The van der Waals surface area contributed by atoms with Gasteiger partial charge in [0.05, 0.1) is 5.56 Å². The number of nitrogens with one attached hydrogen (secondary N) is 1. The minimum atomic E-state index is -0.174. The van der Waals surface area contributed by atoms with Crippen LogP contribution < -0.4 is 10.2 Å². The van der Waals surface area contributed by atoms with E-state index in [9.17, 15) is 5.11 Å². The van der Waals surface area contributed by atoms with Crippen molar-refractivity contribution < 1.29 is 9.84 Å². The van der Waals surface area contributed by atoms with Crippen LogP contribution in [-0.2, 0) is 6.54 Å². The third-order valence-electron chi connectivity index (χ3n) is 5.09. The average Bonchev–Trinajstić information content (AvgIpc) is 2.66. The molecule has 0 fully saturated rings. The van der Waals surface area contributed by atoms with Gasteiger partial charge in [0.15, 0.2) is 0 Å². The van der Waals surface area contributed by atoms with E-state index in [-0.39, 0.29) is 11.7 Å². The zero-order valence-corrected chi connectivity index (χ0v) is 16.3. The van der Waals surface area contributed by atoms with E-state index >= 15 is 0 Å². The minimum absolute atomic E-state index is 0.146. The highest BCUT2D eigenvalue weighted by Crippen LogP contribution is 2.45. The summed E-state index contributed by atoms with van der Waals surface area (Å²) in [7, 11) is 4.02. The van der Waals surface area contributed by atoms with Crippen molar-refractivity contribution in [1.29, 1.82) is 5.41 Å². The van der Waals surface area contributed by atoms with Crippen molar-refractivity contribution in [1.82, 2.24) is 14.5 Å². The fourth-order valence-electron chi connectivity index (χ4n) is 3.54. The van der Waals surface area contributed by atoms with E-state index in [1.54, 1.807) is 18.5 Å². The van der Waals surface area contributed by atoms with Crippen LogP contribution in [0.3, 0.4) is 0 Å². The van der Waals surface area contributed by atoms with Crippen LogP contribution in [0, 0.1) is 12.3 Å². The third-order valence-corrected chi connectivity index (χ3v) is 5.09. The van der Waals surface area contributed by atoms with Gasteiger partial charge in [0.2, 0.25) is 5.88 Å². The van der Waals surface area contributed by atoms with Gasteiger partial charge in [0.1, 0.15) is 23.3 Å². The molecule has 2 N–H and O–H groups in total. The number of phenols is 1. The molecule has 0 radical (unpaired) electrons. The number of aromatic nitrogens is 2. The number of nitrogens with zero attached hydrogens (tertiary/aromatic N) is 3. The van der Waals surface area contributed by atoms with Crippen molar-refractivity contribution in [3.05, 3.63) is 76.5 Å². The van der Waals surface area contributed by atoms with Gasteiger partial charge in [-0.2, -0.15) is 0 Å². The standard InChI is InChI=1S/C22H24N4O2/c1-14-4-6-15(7-5-14)19-17-9-8-16(27)12-18(17)28-22-20(19)21(23)26(13-24-22)11-10-25(2)3/h4-9,12-13,19,23,27H,10-11H2,1-3H3/t19-/m0/s1. The number of hydrogen-bond donors (Lipinski definition) is 2. The molecule has 0 amide bonds. The summed E-state index contributed by atoms with van der Waals surface area (Å²) >= 11 is 0. The summed E-state index contributed by atoms with van der Waals surface area (Å²) in [5.74, 6) is 0.977. The highest BCUT2D eigenvalue weighted by molar-refractivity contribution is 5.57. The molecular weight excluding hydrogens is 352 g/mol. The Morgan fingerprint density at radius 3 is 2.64 bits per heavy atom. The first kappa shape index (κ1) is 18.3. The maximum Gasteiger partial charge on any atom is 0.228 e. The van der Waals surface area contributed by atoms with Crippen LogP contribution in [0.5, 0.6) is 17.4 Å². The first-order valence-electron chi connectivity index (χ1n) is 9.30. The van der Waals surface area contributed by atoms with Crippen LogP contribution in [0.25, 0.3) is 0 Å². The number of likely N-dealkylation sites (N-methyl/N-ethyl adjacent to an activating group) is 1.